The molecule has 0 radical (unpaired) electrons. The van der Waals surface area contributed by atoms with Crippen molar-refractivity contribution in [3.05, 3.63) is 35.9 Å². The van der Waals surface area contributed by atoms with Gasteiger partial charge >= 0.3 is 0 Å². The molecule has 0 bridgehead atoms. The lowest BCUT2D eigenvalue weighted by Crippen LogP contribution is -2.53. The van der Waals surface area contributed by atoms with Crippen LogP contribution in [-0.2, 0) is 14.3 Å². The lowest BCUT2D eigenvalue weighted by molar-refractivity contribution is -0.143. The second-order valence-corrected chi connectivity index (χ2v) is 7.59. The molecular weight excluding hydrogens is 342 g/mol. The molecule has 1 aromatic carbocycles. The number of hydrogen-bond donors (Lipinski definition) is 1. The summed E-state index contributed by atoms with van der Waals surface area (Å²) < 4.78 is 5.34. The van der Waals surface area contributed by atoms with Crippen LogP contribution in [0.4, 0.5) is 0 Å². The highest BCUT2D eigenvalue weighted by Crippen LogP contribution is 2.22. The Morgan fingerprint density at radius 3 is 2.52 bits per heavy atom. The summed E-state index contributed by atoms with van der Waals surface area (Å²) in [6.45, 7) is 8.07. The number of likely N-dealkylation sites (tertiary alicyclic amines) is 1. The minimum Gasteiger partial charge on any atom is -0.378 e. The van der Waals surface area contributed by atoms with Gasteiger partial charge in [-0.05, 0) is 38.8 Å². The minimum atomic E-state index is -0.239. The number of benzene rings is 1. The van der Waals surface area contributed by atoms with Gasteiger partial charge in [0, 0.05) is 19.6 Å². The van der Waals surface area contributed by atoms with E-state index in [1.54, 1.807) is 0 Å². The molecule has 2 saturated heterocycles. The first kappa shape index (κ1) is 19.8. The number of ether oxygens (including phenoxy) is 1. The molecule has 0 spiro atoms. The number of nitrogens with zero attached hydrogens (tertiary/aromatic N) is 2. The van der Waals surface area contributed by atoms with Crippen molar-refractivity contribution in [1.82, 2.24) is 15.1 Å². The van der Waals surface area contributed by atoms with Crippen molar-refractivity contribution in [3.8, 4) is 0 Å². The van der Waals surface area contributed by atoms with E-state index in [1.165, 1.54) is 0 Å². The Hall–Kier alpha value is -1.92. The monoisotopic (exact) mass is 373 g/mol. The highest BCUT2D eigenvalue weighted by Gasteiger charge is 2.33. The smallest absolute Gasteiger partial charge is 0.237 e. The van der Waals surface area contributed by atoms with E-state index in [0.29, 0.717) is 32.8 Å². The van der Waals surface area contributed by atoms with Crippen molar-refractivity contribution >= 4 is 11.8 Å². The zero-order valence-corrected chi connectivity index (χ0v) is 16.4. The Kier molecular flexibility index (Phi) is 6.85. The summed E-state index contributed by atoms with van der Waals surface area (Å²) in [5.41, 5.74) is 1.09. The maximum atomic E-state index is 12.8. The van der Waals surface area contributed by atoms with Crippen molar-refractivity contribution in [3.63, 3.8) is 0 Å². The molecule has 3 unspecified atom stereocenters. The molecule has 2 amide bonds. The molecule has 148 valence electrons. The van der Waals surface area contributed by atoms with E-state index >= 15 is 0 Å². The van der Waals surface area contributed by atoms with Gasteiger partial charge in [-0.15, -0.1) is 0 Å². The number of carbonyl (C=O) groups excluding carboxylic acids is 2. The molecule has 27 heavy (non-hydrogen) atoms. The number of piperidine rings is 1. The Morgan fingerprint density at radius 2 is 1.81 bits per heavy atom. The van der Waals surface area contributed by atoms with Gasteiger partial charge in [0.15, 0.2) is 0 Å². The third kappa shape index (κ3) is 5.08. The molecule has 0 aliphatic carbocycles. The van der Waals surface area contributed by atoms with Crippen LogP contribution >= 0.6 is 0 Å². The Balaban J connectivity index is 1.54. The average molecular weight is 373 g/mol. The fourth-order valence-electron chi connectivity index (χ4n) is 3.93. The molecule has 6 heteroatoms. The predicted octanol–water partition coefficient (Wildman–Crippen LogP) is 1.82. The number of hydrogen-bond acceptors (Lipinski definition) is 4. The fourth-order valence-corrected chi connectivity index (χ4v) is 3.93. The van der Waals surface area contributed by atoms with Gasteiger partial charge in [0.25, 0.3) is 0 Å². The fraction of sp³-hybridized carbons (Fsp3) is 0.619. The van der Waals surface area contributed by atoms with E-state index in [9.17, 15) is 9.59 Å². The normalized spacial score (nSPS) is 23.5. The third-order valence-corrected chi connectivity index (χ3v) is 5.71. The van der Waals surface area contributed by atoms with Gasteiger partial charge in [0.05, 0.1) is 31.2 Å². The SMILES string of the molecule is CC(NC(=O)C(C)N1CCCC(C(=O)N2CCOCC2)C1)c1ccccc1. The van der Waals surface area contributed by atoms with Crippen molar-refractivity contribution in [2.75, 3.05) is 39.4 Å². The molecule has 2 aliphatic heterocycles. The molecule has 2 heterocycles. The minimum absolute atomic E-state index is 0.0151. The second-order valence-electron chi connectivity index (χ2n) is 7.59. The summed E-state index contributed by atoms with van der Waals surface area (Å²) in [4.78, 5) is 29.6. The van der Waals surface area contributed by atoms with E-state index in [4.69, 9.17) is 4.74 Å². The van der Waals surface area contributed by atoms with Gasteiger partial charge < -0.3 is 15.0 Å². The second kappa shape index (κ2) is 9.33. The van der Waals surface area contributed by atoms with E-state index in [2.05, 4.69) is 10.2 Å². The summed E-state index contributed by atoms with van der Waals surface area (Å²) in [7, 11) is 0. The zero-order chi connectivity index (χ0) is 19.2. The van der Waals surface area contributed by atoms with Crippen LogP contribution in [0.5, 0.6) is 0 Å². The molecule has 0 saturated carbocycles. The highest BCUT2D eigenvalue weighted by atomic mass is 16.5. The summed E-state index contributed by atoms with van der Waals surface area (Å²) in [6.07, 6.45) is 1.86. The van der Waals surface area contributed by atoms with E-state index < -0.39 is 0 Å². The molecule has 1 N–H and O–H groups in total. The van der Waals surface area contributed by atoms with E-state index in [0.717, 1.165) is 24.9 Å². The predicted molar refractivity (Wildman–Crippen MR) is 104 cm³/mol. The Morgan fingerprint density at radius 1 is 1.11 bits per heavy atom. The van der Waals surface area contributed by atoms with Crippen LogP contribution in [0.3, 0.4) is 0 Å². The number of carbonyl (C=O) groups is 2. The number of morpholine rings is 1. The summed E-state index contributed by atoms with van der Waals surface area (Å²) in [6, 6.07) is 9.70. The van der Waals surface area contributed by atoms with Gasteiger partial charge in [-0.2, -0.15) is 0 Å². The van der Waals surface area contributed by atoms with Crippen LogP contribution < -0.4 is 5.32 Å². The first-order valence-electron chi connectivity index (χ1n) is 10.0. The molecule has 6 nitrogen and oxygen atoms in total. The van der Waals surface area contributed by atoms with Gasteiger partial charge in [0.2, 0.25) is 11.8 Å². The molecule has 2 aliphatic rings. The van der Waals surface area contributed by atoms with E-state index in [1.807, 2.05) is 49.1 Å². The Bertz CT molecular complexity index is 631. The van der Waals surface area contributed by atoms with Crippen LogP contribution in [0.1, 0.15) is 38.3 Å². The van der Waals surface area contributed by atoms with Gasteiger partial charge in [-0.1, -0.05) is 30.3 Å². The lowest BCUT2D eigenvalue weighted by Gasteiger charge is -2.38. The first-order valence-corrected chi connectivity index (χ1v) is 10.0. The largest absolute Gasteiger partial charge is 0.378 e. The lowest BCUT2D eigenvalue weighted by atomic mass is 9.95. The maximum Gasteiger partial charge on any atom is 0.237 e. The van der Waals surface area contributed by atoms with E-state index in [-0.39, 0.29) is 29.8 Å². The summed E-state index contributed by atoms with van der Waals surface area (Å²) in [5, 5.41) is 3.11. The average Bonchev–Trinajstić information content (AvgIpc) is 2.74. The topological polar surface area (TPSA) is 61.9 Å². The molecule has 3 atom stereocenters. The molecule has 3 rings (SSSR count). The van der Waals surface area contributed by atoms with Crippen molar-refractivity contribution in [1.29, 1.82) is 0 Å². The highest BCUT2D eigenvalue weighted by molar-refractivity contribution is 5.82. The quantitative estimate of drug-likeness (QED) is 0.855. The molecule has 0 aromatic heterocycles. The standard InChI is InChI=1S/C21H31N3O3/c1-16(18-7-4-3-5-8-18)22-20(25)17(2)24-10-6-9-19(15-24)21(26)23-11-13-27-14-12-23/h3-5,7-8,16-17,19H,6,9-15H2,1-2H3,(H,22,25). The maximum absolute atomic E-state index is 12.8. The van der Waals surface area contributed by atoms with Crippen LogP contribution in [0, 0.1) is 5.92 Å². The first-order chi connectivity index (χ1) is 13.1. The number of amides is 2. The molecular formula is C21H31N3O3. The number of rotatable bonds is 5. The van der Waals surface area contributed by atoms with Crippen molar-refractivity contribution < 1.29 is 14.3 Å². The van der Waals surface area contributed by atoms with Gasteiger partial charge in [-0.25, -0.2) is 0 Å². The zero-order valence-electron chi connectivity index (χ0n) is 16.4. The van der Waals surface area contributed by atoms with Crippen LogP contribution in [0.25, 0.3) is 0 Å². The Labute approximate surface area is 161 Å². The third-order valence-electron chi connectivity index (χ3n) is 5.71. The molecule has 1 aromatic rings. The van der Waals surface area contributed by atoms with Gasteiger partial charge in [-0.3, -0.25) is 14.5 Å². The van der Waals surface area contributed by atoms with Crippen molar-refractivity contribution in [2.45, 2.75) is 38.8 Å². The van der Waals surface area contributed by atoms with Crippen LogP contribution in [-0.4, -0.2) is 67.0 Å². The van der Waals surface area contributed by atoms with Crippen molar-refractivity contribution in [2.24, 2.45) is 5.92 Å². The van der Waals surface area contributed by atoms with Crippen LogP contribution in [0.15, 0.2) is 30.3 Å². The summed E-state index contributed by atoms with van der Waals surface area (Å²) in [5.74, 6) is 0.220. The van der Waals surface area contributed by atoms with Gasteiger partial charge in [0.1, 0.15) is 0 Å². The van der Waals surface area contributed by atoms with Crippen LogP contribution in [0.2, 0.25) is 0 Å². The molecule has 2 fully saturated rings. The summed E-state index contributed by atoms with van der Waals surface area (Å²) >= 11 is 0. The number of nitrogens with one attached hydrogen (secondary N) is 1.